The average Bonchev–Trinajstić information content (AvgIpc) is 2.92. The van der Waals surface area contributed by atoms with E-state index in [1.165, 1.54) is 7.11 Å². The third-order valence-corrected chi connectivity index (χ3v) is 2.73. The van der Waals surface area contributed by atoms with Crippen LogP contribution in [0.4, 0.5) is 5.69 Å². The summed E-state index contributed by atoms with van der Waals surface area (Å²) in [5, 5.41) is 3.32. The minimum absolute atomic E-state index is 0.146. The van der Waals surface area contributed by atoms with Crippen molar-refractivity contribution in [3.05, 3.63) is 54.0 Å². The lowest BCUT2D eigenvalue weighted by atomic mass is 10.1. The molecular formula is C14H15NO3. The molecule has 18 heavy (non-hydrogen) atoms. The minimum Gasteiger partial charge on any atom is -0.472 e. The Labute approximate surface area is 106 Å². The summed E-state index contributed by atoms with van der Waals surface area (Å²) in [5.41, 5.74) is 2.56. The largest absolute Gasteiger partial charge is 0.472 e. The van der Waals surface area contributed by atoms with Crippen LogP contribution in [0.5, 0.6) is 0 Å². The maximum atomic E-state index is 11.3. The summed E-state index contributed by atoms with van der Waals surface area (Å²) in [4.78, 5) is 11.3. The minimum atomic E-state index is -0.329. The van der Waals surface area contributed by atoms with Crippen LogP contribution in [0.3, 0.4) is 0 Å². The number of anilines is 1. The molecule has 0 fully saturated rings. The summed E-state index contributed by atoms with van der Waals surface area (Å²) >= 11 is 0. The molecule has 1 aromatic carbocycles. The van der Waals surface area contributed by atoms with E-state index in [1.54, 1.807) is 24.7 Å². The fraction of sp³-hybridized carbons (Fsp3) is 0.214. The Morgan fingerprint density at radius 3 is 2.56 bits per heavy atom. The van der Waals surface area contributed by atoms with Gasteiger partial charge >= 0.3 is 5.97 Å². The molecule has 1 N–H and O–H groups in total. The fourth-order valence-corrected chi connectivity index (χ4v) is 1.68. The monoisotopic (exact) mass is 245 g/mol. The fourth-order valence-electron chi connectivity index (χ4n) is 1.68. The molecule has 94 valence electrons. The summed E-state index contributed by atoms with van der Waals surface area (Å²) in [5.74, 6) is -0.329. The molecule has 0 bridgehead atoms. The number of rotatable bonds is 4. The Hall–Kier alpha value is -2.23. The molecule has 0 spiro atoms. The smallest absolute Gasteiger partial charge is 0.337 e. The zero-order valence-corrected chi connectivity index (χ0v) is 10.3. The van der Waals surface area contributed by atoms with Crippen molar-refractivity contribution in [3.8, 4) is 0 Å². The Morgan fingerprint density at radius 2 is 2.00 bits per heavy atom. The van der Waals surface area contributed by atoms with E-state index < -0.39 is 0 Å². The summed E-state index contributed by atoms with van der Waals surface area (Å²) in [7, 11) is 1.37. The van der Waals surface area contributed by atoms with Gasteiger partial charge in [-0.2, -0.15) is 0 Å². The van der Waals surface area contributed by atoms with Gasteiger partial charge < -0.3 is 14.5 Å². The SMILES string of the molecule is COC(=O)c1ccc(NC(C)c2ccoc2)cc1. The number of hydrogen-bond donors (Lipinski definition) is 1. The van der Waals surface area contributed by atoms with Crippen molar-refractivity contribution in [3.63, 3.8) is 0 Å². The van der Waals surface area contributed by atoms with Crippen LogP contribution in [-0.4, -0.2) is 13.1 Å². The van der Waals surface area contributed by atoms with Crippen molar-refractivity contribution in [2.24, 2.45) is 0 Å². The highest BCUT2D eigenvalue weighted by Crippen LogP contribution is 2.19. The van der Waals surface area contributed by atoms with Gasteiger partial charge in [0.1, 0.15) is 0 Å². The molecule has 0 amide bonds. The summed E-state index contributed by atoms with van der Waals surface area (Å²) in [6.45, 7) is 2.04. The quantitative estimate of drug-likeness (QED) is 0.840. The third-order valence-electron chi connectivity index (χ3n) is 2.73. The van der Waals surface area contributed by atoms with Crippen molar-refractivity contribution in [2.45, 2.75) is 13.0 Å². The molecule has 0 saturated heterocycles. The predicted octanol–water partition coefficient (Wildman–Crippen LogP) is 3.24. The van der Waals surface area contributed by atoms with Gasteiger partial charge in [-0.3, -0.25) is 0 Å². The molecule has 0 aliphatic rings. The molecule has 4 nitrogen and oxygen atoms in total. The molecule has 1 atom stereocenters. The van der Waals surface area contributed by atoms with Gasteiger partial charge in [0.05, 0.1) is 31.2 Å². The number of benzene rings is 1. The second-order valence-corrected chi connectivity index (χ2v) is 3.99. The van der Waals surface area contributed by atoms with Crippen LogP contribution in [0.1, 0.15) is 28.9 Å². The summed E-state index contributed by atoms with van der Waals surface area (Å²) < 4.78 is 9.68. The van der Waals surface area contributed by atoms with E-state index in [0.29, 0.717) is 5.56 Å². The summed E-state index contributed by atoms with van der Waals surface area (Å²) in [6.07, 6.45) is 3.36. The molecule has 2 aromatic rings. The van der Waals surface area contributed by atoms with Crippen LogP contribution in [0.2, 0.25) is 0 Å². The molecule has 0 saturated carbocycles. The first kappa shape index (κ1) is 12.2. The van der Waals surface area contributed by atoms with Gasteiger partial charge in [-0.1, -0.05) is 0 Å². The van der Waals surface area contributed by atoms with E-state index in [1.807, 2.05) is 25.1 Å². The number of furan rings is 1. The van der Waals surface area contributed by atoms with Crippen LogP contribution < -0.4 is 5.32 Å². The zero-order chi connectivity index (χ0) is 13.0. The molecule has 1 aromatic heterocycles. The zero-order valence-electron chi connectivity index (χ0n) is 10.3. The van der Waals surface area contributed by atoms with Crippen LogP contribution in [-0.2, 0) is 4.74 Å². The molecule has 0 aliphatic heterocycles. The van der Waals surface area contributed by atoms with E-state index in [2.05, 4.69) is 10.1 Å². The second-order valence-electron chi connectivity index (χ2n) is 3.99. The maximum Gasteiger partial charge on any atom is 0.337 e. The van der Waals surface area contributed by atoms with Gasteiger partial charge in [0, 0.05) is 11.3 Å². The van der Waals surface area contributed by atoms with Crippen molar-refractivity contribution in [1.82, 2.24) is 0 Å². The number of carbonyl (C=O) groups is 1. The number of methoxy groups -OCH3 is 1. The first-order valence-electron chi connectivity index (χ1n) is 5.67. The van der Waals surface area contributed by atoms with Crippen molar-refractivity contribution in [1.29, 1.82) is 0 Å². The molecule has 0 radical (unpaired) electrons. The third kappa shape index (κ3) is 2.71. The Bertz CT molecular complexity index is 502. The first-order valence-corrected chi connectivity index (χ1v) is 5.67. The molecular weight excluding hydrogens is 230 g/mol. The summed E-state index contributed by atoms with van der Waals surface area (Å²) in [6, 6.07) is 9.23. The van der Waals surface area contributed by atoms with Crippen molar-refractivity contribution < 1.29 is 13.9 Å². The number of carbonyl (C=O) groups excluding carboxylic acids is 1. The topological polar surface area (TPSA) is 51.5 Å². The molecule has 1 heterocycles. The van der Waals surface area contributed by atoms with Gasteiger partial charge in [-0.05, 0) is 37.3 Å². The number of esters is 1. The second kappa shape index (κ2) is 5.40. The Balaban J connectivity index is 2.04. The van der Waals surface area contributed by atoms with Gasteiger partial charge in [0.25, 0.3) is 0 Å². The van der Waals surface area contributed by atoms with Gasteiger partial charge in [0.15, 0.2) is 0 Å². The van der Waals surface area contributed by atoms with Gasteiger partial charge in [-0.25, -0.2) is 4.79 Å². The highest BCUT2D eigenvalue weighted by Gasteiger charge is 2.08. The standard InChI is InChI=1S/C14H15NO3/c1-10(12-7-8-18-9-12)15-13-5-3-11(4-6-13)14(16)17-2/h3-10,15H,1-2H3. The van der Waals surface area contributed by atoms with Crippen LogP contribution >= 0.6 is 0 Å². The van der Waals surface area contributed by atoms with Crippen LogP contribution in [0.25, 0.3) is 0 Å². The highest BCUT2D eigenvalue weighted by molar-refractivity contribution is 5.89. The van der Waals surface area contributed by atoms with Crippen molar-refractivity contribution >= 4 is 11.7 Å². The number of ether oxygens (including phenoxy) is 1. The van der Waals surface area contributed by atoms with E-state index in [-0.39, 0.29) is 12.0 Å². The first-order chi connectivity index (χ1) is 8.70. The van der Waals surface area contributed by atoms with Crippen molar-refractivity contribution in [2.75, 3.05) is 12.4 Å². The molecule has 2 rings (SSSR count). The Kier molecular flexibility index (Phi) is 3.67. The maximum absolute atomic E-state index is 11.3. The Morgan fingerprint density at radius 1 is 1.28 bits per heavy atom. The lowest BCUT2D eigenvalue weighted by Crippen LogP contribution is -2.06. The van der Waals surface area contributed by atoms with E-state index >= 15 is 0 Å². The van der Waals surface area contributed by atoms with E-state index in [0.717, 1.165) is 11.3 Å². The average molecular weight is 245 g/mol. The van der Waals surface area contributed by atoms with Gasteiger partial charge in [-0.15, -0.1) is 0 Å². The van der Waals surface area contributed by atoms with E-state index in [4.69, 9.17) is 4.42 Å². The predicted molar refractivity (Wildman–Crippen MR) is 68.5 cm³/mol. The molecule has 4 heteroatoms. The lowest BCUT2D eigenvalue weighted by molar-refractivity contribution is 0.0601. The lowest BCUT2D eigenvalue weighted by Gasteiger charge is -2.13. The number of hydrogen-bond acceptors (Lipinski definition) is 4. The van der Waals surface area contributed by atoms with Crippen LogP contribution in [0, 0.1) is 0 Å². The highest BCUT2D eigenvalue weighted by atomic mass is 16.5. The number of nitrogens with one attached hydrogen (secondary N) is 1. The normalized spacial score (nSPS) is 11.9. The van der Waals surface area contributed by atoms with Crippen LogP contribution in [0.15, 0.2) is 47.3 Å². The molecule has 1 unspecified atom stereocenters. The van der Waals surface area contributed by atoms with E-state index in [9.17, 15) is 4.79 Å². The molecule has 0 aliphatic carbocycles. The van der Waals surface area contributed by atoms with Gasteiger partial charge in [0.2, 0.25) is 0 Å².